The molecule has 4 fully saturated rings. The smallest absolute Gasteiger partial charge is 0.131 e. The van der Waals surface area contributed by atoms with Crippen molar-refractivity contribution in [2.45, 2.75) is 83.3 Å². The van der Waals surface area contributed by atoms with Crippen LogP contribution in [-0.2, 0) is 0 Å². The lowest BCUT2D eigenvalue weighted by Gasteiger charge is -2.61. The van der Waals surface area contributed by atoms with Gasteiger partial charge < -0.3 is 10.2 Å². The highest BCUT2D eigenvalue weighted by Crippen LogP contribution is 2.68. The van der Waals surface area contributed by atoms with Gasteiger partial charge in [0.25, 0.3) is 0 Å². The lowest BCUT2D eigenvalue weighted by molar-refractivity contribution is -0.144. The van der Waals surface area contributed by atoms with Crippen molar-refractivity contribution in [2.24, 2.45) is 34.5 Å². The van der Waals surface area contributed by atoms with Gasteiger partial charge in [-0.2, -0.15) is 0 Å². The lowest BCUT2D eigenvalue weighted by atomic mass is 9.44. The normalized spacial score (nSPS) is 48.6. The Bertz CT molecular complexity index is 822. The van der Waals surface area contributed by atoms with Crippen LogP contribution in [0.4, 0.5) is 0 Å². The average Bonchev–Trinajstić information content (AvgIpc) is 2.99. The van der Waals surface area contributed by atoms with E-state index in [2.05, 4.69) is 25.7 Å². The fraction of sp³-hybridized carbons (Fsp3) is 0.704. The van der Waals surface area contributed by atoms with Gasteiger partial charge >= 0.3 is 0 Å². The Morgan fingerprint density at radius 2 is 1.66 bits per heavy atom. The quantitative estimate of drug-likeness (QED) is 0.598. The zero-order valence-corrected chi connectivity index (χ0v) is 18.0. The van der Waals surface area contributed by atoms with Crippen molar-refractivity contribution in [3.63, 3.8) is 0 Å². The fourth-order valence-electron chi connectivity index (χ4n) is 8.15. The number of benzene rings is 1. The summed E-state index contributed by atoms with van der Waals surface area (Å²) >= 11 is 0. The summed E-state index contributed by atoms with van der Waals surface area (Å²) in [5.74, 6) is 9.40. The highest BCUT2D eigenvalue weighted by atomic mass is 16.3. The summed E-state index contributed by atoms with van der Waals surface area (Å²) in [7, 11) is 0. The first-order chi connectivity index (χ1) is 13.9. The van der Waals surface area contributed by atoms with Gasteiger partial charge in [0.2, 0.25) is 0 Å². The van der Waals surface area contributed by atoms with Crippen molar-refractivity contribution in [2.75, 3.05) is 0 Å². The molecule has 2 N–H and O–H groups in total. The van der Waals surface area contributed by atoms with Crippen LogP contribution in [0.5, 0.6) is 0 Å². The van der Waals surface area contributed by atoms with E-state index in [9.17, 15) is 10.2 Å². The summed E-state index contributed by atoms with van der Waals surface area (Å²) in [6, 6.07) is 10.1. The van der Waals surface area contributed by atoms with E-state index in [-0.39, 0.29) is 11.5 Å². The molecule has 156 valence electrons. The molecule has 0 spiro atoms. The Kier molecular flexibility index (Phi) is 4.65. The van der Waals surface area contributed by atoms with Crippen LogP contribution in [0.2, 0.25) is 0 Å². The molecular weight excluding hydrogens is 356 g/mol. The minimum absolute atomic E-state index is 0.0803. The molecule has 0 heterocycles. The molecule has 4 aliphatic carbocycles. The molecule has 1 aromatic rings. The van der Waals surface area contributed by atoms with E-state index >= 15 is 0 Å². The van der Waals surface area contributed by atoms with Gasteiger partial charge in [-0.1, -0.05) is 43.9 Å². The topological polar surface area (TPSA) is 40.5 Å². The first kappa shape index (κ1) is 19.7. The molecule has 0 aliphatic heterocycles. The molecule has 1 aromatic carbocycles. The van der Waals surface area contributed by atoms with Crippen LogP contribution in [0.15, 0.2) is 30.3 Å². The molecule has 5 rings (SSSR count). The zero-order chi connectivity index (χ0) is 20.3. The van der Waals surface area contributed by atoms with E-state index in [1.54, 1.807) is 0 Å². The van der Waals surface area contributed by atoms with Crippen LogP contribution < -0.4 is 0 Å². The van der Waals surface area contributed by atoms with Crippen molar-refractivity contribution in [1.29, 1.82) is 0 Å². The Morgan fingerprint density at radius 1 is 0.897 bits per heavy atom. The third-order valence-electron chi connectivity index (χ3n) is 9.98. The van der Waals surface area contributed by atoms with Crippen LogP contribution in [0.1, 0.15) is 77.2 Å². The predicted octanol–water partition coefficient (Wildman–Crippen LogP) is 5.17. The van der Waals surface area contributed by atoms with Gasteiger partial charge in [-0.05, 0) is 99.0 Å². The molecule has 4 aliphatic rings. The van der Waals surface area contributed by atoms with Crippen molar-refractivity contribution >= 4 is 0 Å². The SMILES string of the molecule is C[C@]12CC[C@H](O)C[C@@H]1CC[C@H]1[C@H]2CC[C@]2(C)[C@@H]1CC[C@@]2(O)C#Cc1ccccc1. The van der Waals surface area contributed by atoms with E-state index < -0.39 is 5.60 Å². The number of hydrogen-bond donors (Lipinski definition) is 2. The highest BCUT2D eigenvalue weighted by molar-refractivity contribution is 5.38. The number of fused-ring (bicyclic) bond motifs is 5. The summed E-state index contributed by atoms with van der Waals surface area (Å²) < 4.78 is 0. The van der Waals surface area contributed by atoms with Crippen molar-refractivity contribution < 1.29 is 10.2 Å². The summed E-state index contributed by atoms with van der Waals surface area (Å²) in [6.45, 7) is 4.86. The molecule has 2 nitrogen and oxygen atoms in total. The van der Waals surface area contributed by atoms with Crippen molar-refractivity contribution in [1.82, 2.24) is 0 Å². The summed E-state index contributed by atoms with van der Waals surface area (Å²) in [4.78, 5) is 0. The number of aliphatic hydroxyl groups is 2. The van der Waals surface area contributed by atoms with Crippen molar-refractivity contribution in [3.8, 4) is 11.8 Å². The standard InChI is InChI=1S/C27H36O2/c1-25-14-11-21(28)18-20(25)8-9-22-23(25)12-15-26(2)24(22)13-17-27(26,29)16-10-19-6-4-3-5-7-19/h3-7,20-24,28-29H,8-9,11-15,17-18H2,1-2H3/t20-,21-,22-,23+,24+,25-,26+,27-/m0/s1. The monoisotopic (exact) mass is 392 g/mol. The summed E-state index contributed by atoms with van der Waals surface area (Å²) in [6.07, 6.45) is 9.86. The minimum Gasteiger partial charge on any atom is -0.393 e. The Morgan fingerprint density at radius 3 is 2.45 bits per heavy atom. The maximum Gasteiger partial charge on any atom is 0.131 e. The number of rotatable bonds is 0. The van der Waals surface area contributed by atoms with E-state index in [0.29, 0.717) is 17.3 Å². The van der Waals surface area contributed by atoms with Gasteiger partial charge in [-0.3, -0.25) is 0 Å². The Labute approximate surface area is 176 Å². The average molecular weight is 393 g/mol. The van der Waals surface area contributed by atoms with Gasteiger partial charge in [0.15, 0.2) is 0 Å². The van der Waals surface area contributed by atoms with Gasteiger partial charge in [0, 0.05) is 11.0 Å². The molecule has 0 radical (unpaired) electrons. The molecule has 29 heavy (non-hydrogen) atoms. The second-order valence-corrected chi connectivity index (χ2v) is 11.1. The predicted molar refractivity (Wildman–Crippen MR) is 116 cm³/mol. The maximum atomic E-state index is 11.7. The largest absolute Gasteiger partial charge is 0.393 e. The molecule has 0 amide bonds. The third kappa shape index (κ3) is 2.92. The van der Waals surface area contributed by atoms with Crippen molar-refractivity contribution in [3.05, 3.63) is 35.9 Å². The molecule has 0 bridgehead atoms. The third-order valence-corrected chi connectivity index (χ3v) is 9.98. The molecule has 0 aromatic heterocycles. The van der Waals surface area contributed by atoms with Crippen LogP contribution >= 0.6 is 0 Å². The second-order valence-electron chi connectivity index (χ2n) is 11.1. The molecule has 8 atom stereocenters. The van der Waals surface area contributed by atoms with Gasteiger partial charge in [0.1, 0.15) is 5.60 Å². The Hall–Kier alpha value is -1.30. The first-order valence-corrected chi connectivity index (χ1v) is 11.8. The molecule has 2 heteroatoms. The number of aliphatic hydroxyl groups excluding tert-OH is 1. The summed E-state index contributed by atoms with van der Waals surface area (Å²) in [5, 5.41) is 21.9. The van der Waals surface area contributed by atoms with E-state index in [4.69, 9.17) is 0 Å². The minimum atomic E-state index is -0.862. The van der Waals surface area contributed by atoms with Gasteiger partial charge in [-0.25, -0.2) is 0 Å². The maximum absolute atomic E-state index is 11.7. The van der Waals surface area contributed by atoms with E-state index in [1.165, 1.54) is 25.7 Å². The molecule has 0 unspecified atom stereocenters. The molecular formula is C27H36O2. The second kappa shape index (κ2) is 6.86. The van der Waals surface area contributed by atoms with Crippen LogP contribution in [0.25, 0.3) is 0 Å². The van der Waals surface area contributed by atoms with Crippen LogP contribution in [0.3, 0.4) is 0 Å². The summed E-state index contributed by atoms with van der Waals surface area (Å²) in [5.41, 5.74) is 0.433. The lowest BCUT2D eigenvalue weighted by Crippen LogP contribution is -2.56. The van der Waals surface area contributed by atoms with Crippen LogP contribution in [0, 0.1) is 46.3 Å². The fourth-order valence-corrected chi connectivity index (χ4v) is 8.15. The van der Waals surface area contributed by atoms with Gasteiger partial charge in [0.05, 0.1) is 6.10 Å². The van der Waals surface area contributed by atoms with E-state index in [1.807, 2.05) is 30.3 Å². The highest BCUT2D eigenvalue weighted by Gasteiger charge is 2.64. The first-order valence-electron chi connectivity index (χ1n) is 11.8. The van der Waals surface area contributed by atoms with Crippen LogP contribution in [-0.4, -0.2) is 21.9 Å². The molecule has 4 saturated carbocycles. The molecule has 0 saturated heterocycles. The number of hydrogen-bond acceptors (Lipinski definition) is 2. The van der Waals surface area contributed by atoms with E-state index in [0.717, 1.165) is 49.5 Å². The Balaban J connectivity index is 1.42. The zero-order valence-electron chi connectivity index (χ0n) is 18.0. The van der Waals surface area contributed by atoms with Gasteiger partial charge in [-0.15, -0.1) is 0 Å².